The Morgan fingerprint density at radius 1 is 0.677 bits per heavy atom. The van der Waals surface area contributed by atoms with Crippen LogP contribution in [0.3, 0.4) is 0 Å². The summed E-state index contributed by atoms with van der Waals surface area (Å²) in [5.74, 6) is -18.8. The van der Waals surface area contributed by atoms with Gasteiger partial charge >= 0.3 is 21.2 Å². The van der Waals surface area contributed by atoms with Gasteiger partial charge in [-0.25, -0.2) is 4.79 Å². The number of benzene rings is 5. The van der Waals surface area contributed by atoms with Gasteiger partial charge in [-0.2, -0.15) is 0 Å². The Morgan fingerprint density at radius 2 is 1.27 bits per heavy atom. The maximum absolute atomic E-state index is 16.3. The molecule has 11 bridgehead atoms. The first-order valence-corrected chi connectivity index (χ1v) is 46.0. The number of hydrogen-bond acceptors (Lipinski definition) is 29. The molecule has 0 unspecified atom stereocenters. The Balaban J connectivity index is 1.12. The third-order valence-corrected chi connectivity index (χ3v) is 26.7. The second-order valence-electron chi connectivity index (χ2n) is 33.0. The number of aliphatic carboxylic acids is 1. The first-order chi connectivity index (χ1) is 61.2. The average Bonchev–Trinajstić information content (AvgIpc) is 0.768. The molecule has 712 valence electrons. The van der Waals surface area contributed by atoms with Crippen molar-refractivity contribution in [3.63, 3.8) is 0 Å². The molecule has 2 fully saturated rings. The smallest absolute Gasteiger partial charge is 0.360 e. The highest BCUT2D eigenvalue weighted by molar-refractivity contribution is 7.70. The highest BCUT2D eigenvalue weighted by Gasteiger charge is 2.53. The lowest BCUT2D eigenvalue weighted by Crippen LogP contribution is -2.66. The molecular formula is C83H109Cl2N11O32P2. The van der Waals surface area contributed by atoms with Gasteiger partial charge in [0.2, 0.25) is 70.7 Å². The fraction of sp³-hybridized carbons (Fsp3) is 0.518. The molecule has 12 rings (SSSR count). The Morgan fingerprint density at radius 3 is 1.85 bits per heavy atom. The first kappa shape index (κ1) is 102. The van der Waals surface area contributed by atoms with Gasteiger partial charge in [0.15, 0.2) is 29.9 Å². The number of carbonyl (C=O) groups excluding carboxylic acids is 9. The zero-order chi connectivity index (χ0) is 95.5. The number of primary amides is 1. The van der Waals surface area contributed by atoms with E-state index in [-0.39, 0.29) is 49.5 Å². The van der Waals surface area contributed by atoms with Crippen LogP contribution in [0.2, 0.25) is 10.0 Å². The second kappa shape index (κ2) is 44.1. The number of hydrogen-bond donors (Lipinski definition) is 24. The van der Waals surface area contributed by atoms with E-state index in [1.54, 1.807) is 26.1 Å². The topological polar surface area (TPSA) is 681 Å². The van der Waals surface area contributed by atoms with E-state index in [0.717, 1.165) is 111 Å². The molecule has 9 amide bonds. The molecular weight excluding hydrogens is 1800 g/mol. The fourth-order valence-electron chi connectivity index (χ4n) is 15.9. The zero-order valence-corrected chi connectivity index (χ0v) is 74.6. The molecule has 43 nitrogen and oxygen atoms in total. The molecule has 130 heavy (non-hydrogen) atoms. The number of aliphatic hydroxyl groups excluding tert-OH is 6. The van der Waals surface area contributed by atoms with Gasteiger partial charge in [-0.1, -0.05) is 107 Å². The number of phenolic OH excluding ortho intramolecular Hbond substituents is 3. The van der Waals surface area contributed by atoms with Crippen LogP contribution in [0.5, 0.6) is 46.0 Å². The van der Waals surface area contributed by atoms with Gasteiger partial charge in [-0.3, -0.25) is 52.3 Å². The molecule has 0 radical (unpaired) electrons. The molecule has 0 aromatic heterocycles. The summed E-state index contributed by atoms with van der Waals surface area (Å²) in [5.41, 5.74) is -1.77. The lowest BCUT2D eigenvalue weighted by atomic mass is 9.85. The van der Waals surface area contributed by atoms with Crippen molar-refractivity contribution in [2.24, 2.45) is 11.7 Å². The van der Waals surface area contributed by atoms with Crippen LogP contribution in [0.25, 0.3) is 11.1 Å². The zero-order valence-electron chi connectivity index (χ0n) is 71.3. The number of likely N-dealkylation sites (N-methyl/N-ethyl adjacent to an activating group) is 1. The van der Waals surface area contributed by atoms with E-state index >= 15 is 24.0 Å². The summed E-state index contributed by atoms with van der Waals surface area (Å²) < 4.78 is 63.4. The van der Waals surface area contributed by atoms with E-state index in [9.17, 15) is 104 Å². The van der Waals surface area contributed by atoms with E-state index in [1.807, 2.05) is 0 Å². The van der Waals surface area contributed by atoms with E-state index in [0.29, 0.717) is 12.8 Å². The third-order valence-electron chi connectivity index (χ3n) is 22.8. The average molecular weight is 1910 g/mol. The lowest BCUT2D eigenvalue weighted by Gasteiger charge is -2.48. The number of unbranched alkanes of at least 4 members (excludes halogenated alkanes) is 7. The fourth-order valence-corrected chi connectivity index (χ4v) is 18.5. The number of phenols is 3. The number of fused-ring (bicyclic) bond motifs is 15. The molecule has 5 aromatic rings. The molecule has 25 N–H and O–H groups in total. The van der Waals surface area contributed by atoms with Crippen molar-refractivity contribution >= 4 is 97.5 Å². The molecule has 0 aliphatic carbocycles. The number of halogens is 2. The van der Waals surface area contributed by atoms with Gasteiger partial charge in [0.05, 0.1) is 41.3 Å². The molecule has 7 aliphatic rings. The van der Waals surface area contributed by atoms with Crippen molar-refractivity contribution in [1.29, 1.82) is 0 Å². The van der Waals surface area contributed by atoms with Crippen LogP contribution in [-0.4, -0.2) is 252 Å². The van der Waals surface area contributed by atoms with Gasteiger partial charge in [0, 0.05) is 67.2 Å². The standard InChI is InChI=1S/C83H109Cl2N11O32P2/c1-7-8-9-10-11-12-13-14-24-96(59(103)22-21-58(102)90-82(129(117,118)119)130(120,121)122)25-23-88-83(5)35-60(123-38(4)73(83)108)127-72-70(107)69(106)56(36-97)126-81(72)128-71-54-30-42-31-55(71)125-53-20-17-41(29-47(53)85)68(105)66-79(114)93-64(80(115)116)45-32-43(98)33-51(100)61(45)44-27-39(15-18-50(44)99)62(76(111)95-66)92-77(112)63(42)91-75(110)49(34-57(86)101)89-78(113)65(94-74(109)48(87-6)26-37(2)3)67(104)40-16-19-52(124-54)46(84)28-40/h15-20,27-33,37-38,48-49,56,60,62-70,72-73,81-82,87-88,97-100,104-108H,7-14,21-26,34-36H2,1-6H3,(H2,86,101)(H,89,113)(H,90,102)(H,91,110)(H,92,112)(H,93,114)(H,94,109)(H,95,111)(H,115,116)(H2,117,118,119)(H2,120,121,122)/t38-,48+,49-,56+,60-,62+,63+,64-,65+,66-,67+,68+,69+,70-,72+,73+,81-,83-/m0/s1. The first-order valence-electron chi connectivity index (χ1n) is 41.8. The van der Waals surface area contributed by atoms with Crippen molar-refractivity contribution in [3.05, 3.63) is 117 Å². The van der Waals surface area contributed by atoms with E-state index in [1.165, 1.54) is 24.9 Å². The van der Waals surface area contributed by atoms with Crippen LogP contribution in [0, 0.1) is 5.92 Å². The van der Waals surface area contributed by atoms with Crippen LogP contribution >= 0.6 is 38.4 Å². The van der Waals surface area contributed by atoms with Crippen molar-refractivity contribution < 1.29 is 156 Å². The number of amides is 9. The molecule has 7 heterocycles. The summed E-state index contributed by atoms with van der Waals surface area (Å²) in [6, 6.07) is -1.55. The molecule has 47 heteroatoms. The predicted octanol–water partition coefficient (Wildman–Crippen LogP) is 2.24. The predicted molar refractivity (Wildman–Crippen MR) is 458 cm³/mol. The van der Waals surface area contributed by atoms with Gasteiger partial charge < -0.3 is 158 Å². The summed E-state index contributed by atoms with van der Waals surface area (Å²) in [6.45, 7) is 7.49. The Kier molecular flexibility index (Phi) is 34.6. The van der Waals surface area contributed by atoms with Crippen molar-refractivity contribution in [3.8, 4) is 57.1 Å². The maximum Gasteiger partial charge on any atom is 0.360 e. The third kappa shape index (κ3) is 25.1. The molecule has 7 aliphatic heterocycles. The number of aromatic hydroxyl groups is 3. The van der Waals surface area contributed by atoms with Gasteiger partial charge in [0.25, 0.3) is 0 Å². The van der Waals surface area contributed by atoms with E-state index in [2.05, 4.69) is 49.5 Å². The normalized spacial score (nSPS) is 25.7. The Hall–Kier alpha value is -9.96. The summed E-state index contributed by atoms with van der Waals surface area (Å²) in [6.07, 6.45) is -14.6. The van der Waals surface area contributed by atoms with Crippen molar-refractivity contribution in [1.82, 2.24) is 52.8 Å². The number of carbonyl (C=O) groups is 10. The summed E-state index contributed by atoms with van der Waals surface area (Å²) in [5, 5.41) is 138. The van der Waals surface area contributed by atoms with Gasteiger partial charge in [-0.15, -0.1) is 0 Å². The van der Waals surface area contributed by atoms with E-state index in [4.69, 9.17) is 57.4 Å². The number of nitrogens with one attached hydrogen (secondary N) is 9. The van der Waals surface area contributed by atoms with Crippen molar-refractivity contribution in [2.75, 3.05) is 33.3 Å². The number of aliphatic hydroxyl groups is 6. The maximum atomic E-state index is 16.3. The van der Waals surface area contributed by atoms with Crippen LogP contribution in [-0.2, 0) is 71.3 Å². The molecule has 0 spiro atoms. The van der Waals surface area contributed by atoms with Gasteiger partial charge in [0.1, 0.15) is 89.5 Å². The summed E-state index contributed by atoms with van der Waals surface area (Å²) >= 11 is 14.3. The van der Waals surface area contributed by atoms with Crippen molar-refractivity contribution in [2.45, 2.75) is 233 Å². The number of carboxylic acid groups (broad SMARTS) is 1. The van der Waals surface area contributed by atoms with Crippen LogP contribution < -0.4 is 67.8 Å². The SMILES string of the molecule is CCCCCCCCCCN(CCN[C@@]1(C)C[C@H](O[C@H]2[C@H](Oc3c4cc5cc3Oc3ccc(cc3Cl)[C@@H](O)[C@@H](NC(=O)[C@@H](CC(C)C)NC)C(=O)N[C@@H](CC(N)=O)C(=O)N[C@H]5C(=O)N[C@H]3C(=O)N[C@H](C(=O)N[C@H](C(=O)O)c5cc(O)cc(O)c5-c5cc3ccc5O)[C@H](O)c3ccc(c(Cl)c3)O4)O[C@H](CO)[C@@H](O)[C@@H]2O)O[C@@H](C)[C@H]1O)C(=O)CCC(=O)NC(P(=O)(O)O)P(=O)(O)O. The molecule has 5 aromatic carbocycles. The highest BCUT2D eigenvalue weighted by atomic mass is 35.5. The minimum atomic E-state index is -5.61. The summed E-state index contributed by atoms with van der Waals surface area (Å²) in [4.78, 5) is 185. The van der Waals surface area contributed by atoms with E-state index < -0.39 is 299 Å². The quantitative estimate of drug-likeness (QED) is 0.0217. The van der Waals surface area contributed by atoms with Crippen LogP contribution in [0.4, 0.5) is 0 Å². The molecule has 18 atom stereocenters. The molecule has 2 saturated heterocycles. The monoisotopic (exact) mass is 1900 g/mol. The largest absolute Gasteiger partial charge is 0.508 e. The minimum Gasteiger partial charge on any atom is -0.508 e. The number of carboxylic acids is 1. The Labute approximate surface area is 754 Å². The second-order valence-corrected chi connectivity index (χ2v) is 37.6. The number of ether oxygens (including phenoxy) is 6. The Bertz CT molecular complexity index is 5090. The minimum absolute atomic E-state index is 0.122. The number of nitrogens with zero attached hydrogens (tertiary/aromatic N) is 1. The highest BCUT2D eigenvalue weighted by Crippen LogP contribution is 2.58. The van der Waals surface area contributed by atoms with Crippen LogP contribution in [0.1, 0.15) is 176 Å². The van der Waals surface area contributed by atoms with Gasteiger partial charge in [-0.05, 0) is 117 Å². The summed E-state index contributed by atoms with van der Waals surface area (Å²) in [7, 11) is -9.78. The molecule has 0 saturated carbocycles. The number of nitrogens with two attached hydrogens (primary N) is 1. The number of rotatable bonds is 32. The lowest BCUT2D eigenvalue weighted by molar-refractivity contribution is -0.334. The van der Waals surface area contributed by atoms with Crippen LogP contribution in [0.15, 0.2) is 78.9 Å².